The molecular weight excluding hydrogens is 494 g/mol. The summed E-state index contributed by atoms with van der Waals surface area (Å²) in [7, 11) is 0. The maximum atomic E-state index is 12.6. The van der Waals surface area contributed by atoms with Crippen molar-refractivity contribution >= 4 is 44.2 Å². The molecule has 0 saturated carbocycles. The van der Waals surface area contributed by atoms with Crippen LogP contribution in [0.3, 0.4) is 0 Å². The fraction of sp³-hybridized carbons (Fsp3) is 0.440. The largest absolute Gasteiger partial charge is 0.471 e. The fourth-order valence-electron chi connectivity index (χ4n) is 4.96. The summed E-state index contributed by atoms with van der Waals surface area (Å²) >= 11 is 1.57. The van der Waals surface area contributed by atoms with Crippen LogP contribution < -0.4 is 20.4 Å². The van der Waals surface area contributed by atoms with Crippen molar-refractivity contribution in [3.05, 3.63) is 47.6 Å². The molecule has 3 aromatic rings. The molecule has 0 aromatic carbocycles. The van der Waals surface area contributed by atoms with Crippen LogP contribution in [0.1, 0.15) is 30.3 Å². The highest BCUT2D eigenvalue weighted by Crippen LogP contribution is 2.44. The van der Waals surface area contributed by atoms with Gasteiger partial charge in [0.1, 0.15) is 12.0 Å². The summed E-state index contributed by atoms with van der Waals surface area (Å²) in [6.45, 7) is 6.07. The number of carbonyl (C=O) groups excluding carboxylic acids is 1. The number of piperidine rings is 1. The Bertz CT molecular complexity index is 1350. The summed E-state index contributed by atoms with van der Waals surface area (Å²) in [4.78, 5) is 32.9. The van der Waals surface area contributed by atoms with E-state index in [0.717, 1.165) is 34.2 Å². The molecule has 2 fully saturated rings. The van der Waals surface area contributed by atoms with Gasteiger partial charge in [-0.05, 0) is 38.0 Å². The number of pyridine rings is 2. The number of aliphatic hydroxyl groups is 1. The van der Waals surface area contributed by atoms with Gasteiger partial charge in [-0.25, -0.2) is 4.98 Å². The number of ether oxygens (including phenoxy) is 2. The number of nitrogens with two attached hydrogens (primary N) is 1. The molecule has 3 aliphatic rings. The molecule has 3 aliphatic heterocycles. The maximum absolute atomic E-state index is 12.6. The summed E-state index contributed by atoms with van der Waals surface area (Å²) in [5.74, 6) is 0.0957. The van der Waals surface area contributed by atoms with Gasteiger partial charge < -0.3 is 30.1 Å². The van der Waals surface area contributed by atoms with Crippen LogP contribution >= 0.6 is 11.3 Å². The molecular formula is C25H29N7O4S. The van der Waals surface area contributed by atoms with Crippen molar-refractivity contribution in [1.29, 1.82) is 0 Å². The summed E-state index contributed by atoms with van der Waals surface area (Å²) in [5, 5.41) is 11.0. The molecule has 1 amide bonds. The lowest BCUT2D eigenvalue weighted by molar-refractivity contribution is -0.114. The van der Waals surface area contributed by atoms with Gasteiger partial charge in [0.15, 0.2) is 16.6 Å². The van der Waals surface area contributed by atoms with Gasteiger partial charge in [-0.15, -0.1) is 0 Å². The number of aliphatic hydroxyl groups excluding tert-OH is 1. The number of thiazole rings is 1. The average Bonchev–Trinajstić information content (AvgIpc) is 3.53. The van der Waals surface area contributed by atoms with Gasteiger partial charge in [0.25, 0.3) is 5.91 Å². The molecule has 0 spiro atoms. The summed E-state index contributed by atoms with van der Waals surface area (Å²) < 4.78 is 12.4. The number of hydrogen-bond donors (Lipinski definition) is 2. The highest BCUT2D eigenvalue weighted by Gasteiger charge is 2.37. The third kappa shape index (κ3) is 4.56. The second-order valence-electron chi connectivity index (χ2n) is 9.42. The van der Waals surface area contributed by atoms with E-state index in [9.17, 15) is 9.90 Å². The Labute approximate surface area is 218 Å². The van der Waals surface area contributed by atoms with Crippen LogP contribution in [-0.4, -0.2) is 71.5 Å². The molecule has 6 heterocycles. The molecule has 3 N–H and O–H groups in total. The lowest BCUT2D eigenvalue weighted by Crippen LogP contribution is -2.38. The Hall–Kier alpha value is -3.48. The number of primary amides is 1. The van der Waals surface area contributed by atoms with Gasteiger partial charge in [-0.3, -0.25) is 14.7 Å². The minimum Gasteiger partial charge on any atom is -0.471 e. The normalized spacial score (nSPS) is 20.9. The number of hydrogen-bond acceptors (Lipinski definition) is 11. The predicted molar refractivity (Wildman–Crippen MR) is 140 cm³/mol. The van der Waals surface area contributed by atoms with Crippen LogP contribution in [0.5, 0.6) is 0 Å². The van der Waals surface area contributed by atoms with E-state index < -0.39 is 12.1 Å². The number of rotatable bonds is 5. The third-order valence-corrected chi connectivity index (χ3v) is 7.95. The first-order valence-electron chi connectivity index (χ1n) is 12.4. The third-order valence-electron chi connectivity index (χ3n) is 6.90. The molecule has 37 heavy (non-hydrogen) atoms. The zero-order chi connectivity index (χ0) is 25.5. The smallest absolute Gasteiger partial charge is 0.268 e. The van der Waals surface area contributed by atoms with Gasteiger partial charge in [0.05, 0.1) is 29.7 Å². The zero-order valence-electron chi connectivity index (χ0n) is 20.5. The Kier molecular flexibility index (Phi) is 6.31. The molecule has 3 aromatic heterocycles. The van der Waals surface area contributed by atoms with Crippen molar-refractivity contribution in [2.45, 2.75) is 32.1 Å². The highest BCUT2D eigenvalue weighted by molar-refractivity contribution is 7.22. The van der Waals surface area contributed by atoms with Crippen LogP contribution in [0.2, 0.25) is 0 Å². The molecule has 0 aliphatic carbocycles. The zero-order valence-corrected chi connectivity index (χ0v) is 21.4. The summed E-state index contributed by atoms with van der Waals surface area (Å²) in [6, 6.07) is 5.83. The van der Waals surface area contributed by atoms with Gasteiger partial charge in [-0.2, -0.15) is 4.98 Å². The number of anilines is 3. The minimum absolute atomic E-state index is 0.247. The lowest BCUT2D eigenvalue weighted by atomic mass is 10.1. The lowest BCUT2D eigenvalue weighted by Gasteiger charge is -2.35. The standard InChI is InChI=1S/C25H29N7O4S/c1-15-12-16(2-5-27-15)24-32(19(14-36-24)21(26)34)18-13-20-22(28-23(18)30-6-3-17(33)4-7-30)29-25(37-20)31-8-10-35-11-9-31/h2,5,12-14,17,24,33H,3-4,6-11H2,1H3,(H2,26,34). The van der Waals surface area contributed by atoms with E-state index in [1.165, 1.54) is 6.26 Å². The van der Waals surface area contributed by atoms with E-state index in [-0.39, 0.29) is 11.8 Å². The number of morpholine rings is 1. The molecule has 12 heteroatoms. The topological polar surface area (TPSA) is 130 Å². The van der Waals surface area contributed by atoms with E-state index in [1.54, 1.807) is 17.5 Å². The average molecular weight is 524 g/mol. The van der Waals surface area contributed by atoms with E-state index in [2.05, 4.69) is 14.8 Å². The van der Waals surface area contributed by atoms with Crippen LogP contribution in [0.25, 0.3) is 10.3 Å². The SMILES string of the molecule is Cc1cc(C2OC=C(C(N)=O)N2c2cc3sc(N4CCOCC4)nc3nc2N2CCC(O)CC2)ccn1. The Morgan fingerprint density at radius 3 is 2.65 bits per heavy atom. The van der Waals surface area contributed by atoms with Crippen molar-refractivity contribution < 1.29 is 19.4 Å². The molecule has 194 valence electrons. The van der Waals surface area contributed by atoms with Gasteiger partial charge in [0.2, 0.25) is 6.23 Å². The van der Waals surface area contributed by atoms with Crippen LogP contribution in [0.4, 0.5) is 16.6 Å². The fourth-order valence-corrected chi connectivity index (χ4v) is 5.96. The molecule has 6 rings (SSSR count). The molecule has 2 saturated heterocycles. The number of carbonyl (C=O) groups is 1. The van der Waals surface area contributed by atoms with E-state index >= 15 is 0 Å². The van der Waals surface area contributed by atoms with Gasteiger partial charge in [-0.1, -0.05) is 11.3 Å². The maximum Gasteiger partial charge on any atom is 0.268 e. The first-order chi connectivity index (χ1) is 18.0. The second kappa shape index (κ2) is 9.77. The van der Waals surface area contributed by atoms with Crippen LogP contribution in [-0.2, 0) is 14.3 Å². The number of nitrogens with zero attached hydrogens (tertiary/aromatic N) is 6. The van der Waals surface area contributed by atoms with Crippen LogP contribution in [0, 0.1) is 6.92 Å². The monoisotopic (exact) mass is 523 g/mol. The Morgan fingerprint density at radius 2 is 1.92 bits per heavy atom. The number of aryl methyl sites for hydroxylation is 1. The van der Waals surface area contributed by atoms with Crippen molar-refractivity contribution in [2.24, 2.45) is 5.73 Å². The first kappa shape index (κ1) is 23.9. The first-order valence-corrected chi connectivity index (χ1v) is 13.2. The van der Waals surface area contributed by atoms with Crippen molar-refractivity contribution in [2.75, 3.05) is 54.1 Å². The van der Waals surface area contributed by atoms with Gasteiger partial charge in [0, 0.05) is 43.6 Å². The Morgan fingerprint density at radius 1 is 1.14 bits per heavy atom. The van der Waals surface area contributed by atoms with Gasteiger partial charge >= 0.3 is 0 Å². The minimum atomic E-state index is -0.607. The van der Waals surface area contributed by atoms with Crippen molar-refractivity contribution in [3.63, 3.8) is 0 Å². The second-order valence-corrected chi connectivity index (χ2v) is 10.4. The summed E-state index contributed by atoms with van der Waals surface area (Å²) in [5.41, 5.74) is 9.11. The molecule has 0 radical (unpaired) electrons. The quantitative estimate of drug-likeness (QED) is 0.512. The molecule has 1 atom stereocenters. The van der Waals surface area contributed by atoms with Crippen molar-refractivity contribution in [3.8, 4) is 0 Å². The number of fused-ring (bicyclic) bond motifs is 1. The highest BCUT2D eigenvalue weighted by atomic mass is 32.1. The van der Waals surface area contributed by atoms with Crippen molar-refractivity contribution in [1.82, 2.24) is 15.0 Å². The summed E-state index contributed by atoms with van der Waals surface area (Å²) in [6.07, 6.45) is 3.47. The van der Waals surface area contributed by atoms with E-state index in [0.29, 0.717) is 56.3 Å². The number of amides is 1. The molecule has 11 nitrogen and oxygen atoms in total. The number of aromatic nitrogens is 3. The molecule has 1 unspecified atom stereocenters. The van der Waals surface area contributed by atoms with E-state index in [4.69, 9.17) is 25.2 Å². The predicted octanol–water partition coefficient (Wildman–Crippen LogP) is 2.05. The molecule has 0 bridgehead atoms. The Balaban J connectivity index is 1.49. The van der Waals surface area contributed by atoms with Crippen LogP contribution in [0.15, 0.2) is 36.4 Å². The van der Waals surface area contributed by atoms with E-state index in [1.807, 2.05) is 30.0 Å².